The summed E-state index contributed by atoms with van der Waals surface area (Å²) >= 11 is 3.37. The van der Waals surface area contributed by atoms with Crippen LogP contribution in [0.1, 0.15) is 16.1 Å². The van der Waals surface area contributed by atoms with Crippen LogP contribution in [0.5, 0.6) is 0 Å². The molecule has 0 saturated carbocycles. The number of halogens is 1. The first-order valence-electron chi connectivity index (χ1n) is 4.65. The van der Waals surface area contributed by atoms with Gasteiger partial charge in [-0.15, -0.1) is 0 Å². The van der Waals surface area contributed by atoms with E-state index >= 15 is 0 Å². The number of ether oxygens (including phenoxy) is 1. The van der Waals surface area contributed by atoms with Crippen LogP contribution in [0.3, 0.4) is 0 Å². The van der Waals surface area contributed by atoms with E-state index < -0.39 is 0 Å². The fraction of sp³-hybridized carbons (Fsp3) is 0.182. The largest absolute Gasteiger partial charge is 0.465 e. The predicted octanol–water partition coefficient (Wildman–Crippen LogP) is 3.13. The SMILES string of the molecule is COC(=O)c1c(C)[nH]c(-c2ccco2)c1Br. The molecule has 84 valence electrons. The summed E-state index contributed by atoms with van der Waals surface area (Å²) in [5.74, 6) is 0.295. The van der Waals surface area contributed by atoms with Gasteiger partial charge in [-0.1, -0.05) is 0 Å². The zero-order chi connectivity index (χ0) is 11.7. The van der Waals surface area contributed by atoms with Crippen molar-refractivity contribution in [1.29, 1.82) is 0 Å². The summed E-state index contributed by atoms with van der Waals surface area (Å²) in [6.45, 7) is 1.81. The lowest BCUT2D eigenvalue weighted by molar-refractivity contribution is 0.0599. The molecule has 2 rings (SSSR count). The standard InChI is InChI=1S/C11H10BrNO3/c1-6-8(11(14)15-2)9(12)10(13-6)7-4-3-5-16-7/h3-5,13H,1-2H3. The highest BCUT2D eigenvalue weighted by Crippen LogP contribution is 2.33. The molecule has 2 aromatic heterocycles. The Balaban J connectivity index is 2.55. The number of methoxy groups -OCH3 is 1. The van der Waals surface area contributed by atoms with Crippen LogP contribution in [0.25, 0.3) is 11.5 Å². The molecule has 0 spiro atoms. The number of furan rings is 1. The number of rotatable bonds is 2. The van der Waals surface area contributed by atoms with Gasteiger partial charge in [-0.05, 0) is 35.0 Å². The van der Waals surface area contributed by atoms with Gasteiger partial charge in [0, 0.05) is 5.69 Å². The van der Waals surface area contributed by atoms with E-state index in [-0.39, 0.29) is 5.97 Å². The van der Waals surface area contributed by atoms with Crippen LogP contribution in [-0.2, 0) is 4.74 Å². The van der Waals surface area contributed by atoms with Gasteiger partial charge in [0.25, 0.3) is 0 Å². The average Bonchev–Trinajstić information content (AvgIpc) is 2.86. The van der Waals surface area contributed by atoms with Crippen LogP contribution in [0.2, 0.25) is 0 Å². The quantitative estimate of drug-likeness (QED) is 0.862. The maximum Gasteiger partial charge on any atom is 0.340 e. The third kappa shape index (κ3) is 1.67. The first kappa shape index (κ1) is 11.0. The zero-order valence-electron chi connectivity index (χ0n) is 8.83. The van der Waals surface area contributed by atoms with Crippen molar-refractivity contribution in [1.82, 2.24) is 4.98 Å². The smallest absolute Gasteiger partial charge is 0.340 e. The third-order valence-electron chi connectivity index (χ3n) is 2.28. The minimum Gasteiger partial charge on any atom is -0.465 e. The number of hydrogen-bond acceptors (Lipinski definition) is 3. The number of hydrogen-bond donors (Lipinski definition) is 1. The maximum absolute atomic E-state index is 11.5. The molecule has 0 fully saturated rings. The molecule has 0 aliphatic carbocycles. The highest BCUT2D eigenvalue weighted by molar-refractivity contribution is 9.10. The first-order valence-corrected chi connectivity index (χ1v) is 5.44. The molecule has 2 aromatic rings. The highest BCUT2D eigenvalue weighted by Gasteiger charge is 2.21. The molecule has 0 aromatic carbocycles. The number of aryl methyl sites for hydroxylation is 1. The Labute approximate surface area is 101 Å². The second kappa shape index (κ2) is 4.17. The van der Waals surface area contributed by atoms with Crippen LogP contribution in [0.15, 0.2) is 27.3 Å². The molecule has 0 amide bonds. The maximum atomic E-state index is 11.5. The van der Waals surface area contributed by atoms with Crippen molar-refractivity contribution in [3.8, 4) is 11.5 Å². The van der Waals surface area contributed by atoms with Crippen molar-refractivity contribution in [2.24, 2.45) is 0 Å². The van der Waals surface area contributed by atoms with E-state index in [1.165, 1.54) is 7.11 Å². The van der Waals surface area contributed by atoms with Gasteiger partial charge in [0.2, 0.25) is 0 Å². The summed E-state index contributed by atoms with van der Waals surface area (Å²) in [6.07, 6.45) is 1.58. The lowest BCUT2D eigenvalue weighted by atomic mass is 10.2. The molecule has 0 aliphatic rings. The van der Waals surface area contributed by atoms with Crippen LogP contribution < -0.4 is 0 Å². The van der Waals surface area contributed by atoms with Crippen molar-refractivity contribution in [2.45, 2.75) is 6.92 Å². The van der Waals surface area contributed by atoms with Gasteiger partial charge in [0.05, 0.1) is 29.1 Å². The summed E-state index contributed by atoms with van der Waals surface area (Å²) in [5.41, 5.74) is 1.97. The van der Waals surface area contributed by atoms with E-state index in [0.29, 0.717) is 15.8 Å². The molecule has 0 saturated heterocycles. The molecular formula is C11H10BrNO3. The van der Waals surface area contributed by atoms with Crippen LogP contribution in [-0.4, -0.2) is 18.1 Å². The third-order valence-corrected chi connectivity index (χ3v) is 3.08. The Kier molecular flexibility index (Phi) is 2.87. The lowest BCUT2D eigenvalue weighted by Crippen LogP contribution is -2.02. The Hall–Kier alpha value is -1.49. The molecule has 1 N–H and O–H groups in total. The number of H-pyrrole nitrogens is 1. The Morgan fingerprint density at radius 2 is 2.31 bits per heavy atom. The predicted molar refractivity (Wildman–Crippen MR) is 62.3 cm³/mol. The summed E-state index contributed by atoms with van der Waals surface area (Å²) in [4.78, 5) is 14.6. The zero-order valence-corrected chi connectivity index (χ0v) is 10.4. The van der Waals surface area contributed by atoms with E-state index in [0.717, 1.165) is 11.4 Å². The molecule has 0 atom stereocenters. The van der Waals surface area contributed by atoms with Crippen molar-refractivity contribution in [3.05, 3.63) is 34.1 Å². The van der Waals surface area contributed by atoms with Crippen LogP contribution in [0, 0.1) is 6.92 Å². The normalized spacial score (nSPS) is 10.4. The second-order valence-electron chi connectivity index (χ2n) is 3.28. The number of nitrogens with one attached hydrogen (secondary N) is 1. The lowest BCUT2D eigenvalue weighted by Gasteiger charge is -1.98. The Bertz CT molecular complexity index is 514. The minimum absolute atomic E-state index is 0.376. The number of carbonyl (C=O) groups is 1. The minimum atomic E-state index is -0.376. The van der Waals surface area contributed by atoms with E-state index in [2.05, 4.69) is 20.9 Å². The molecule has 16 heavy (non-hydrogen) atoms. The van der Waals surface area contributed by atoms with Crippen molar-refractivity contribution in [3.63, 3.8) is 0 Å². The number of esters is 1. The molecule has 4 nitrogen and oxygen atoms in total. The Morgan fingerprint density at radius 1 is 1.56 bits per heavy atom. The van der Waals surface area contributed by atoms with E-state index in [1.807, 2.05) is 13.0 Å². The van der Waals surface area contributed by atoms with Gasteiger partial charge in [-0.25, -0.2) is 4.79 Å². The average molecular weight is 284 g/mol. The molecule has 0 radical (unpaired) electrons. The van der Waals surface area contributed by atoms with Gasteiger partial charge in [0.1, 0.15) is 0 Å². The van der Waals surface area contributed by atoms with Gasteiger partial charge in [-0.3, -0.25) is 0 Å². The van der Waals surface area contributed by atoms with E-state index in [9.17, 15) is 4.79 Å². The monoisotopic (exact) mass is 283 g/mol. The second-order valence-corrected chi connectivity index (χ2v) is 4.08. The summed E-state index contributed by atoms with van der Waals surface area (Å²) in [6, 6.07) is 3.60. The fourth-order valence-electron chi connectivity index (χ4n) is 1.53. The Morgan fingerprint density at radius 3 is 2.88 bits per heavy atom. The topological polar surface area (TPSA) is 55.2 Å². The summed E-state index contributed by atoms with van der Waals surface area (Å²) in [7, 11) is 1.35. The molecule has 5 heteroatoms. The summed E-state index contributed by atoms with van der Waals surface area (Å²) < 4.78 is 10.6. The highest BCUT2D eigenvalue weighted by atomic mass is 79.9. The molecule has 0 aliphatic heterocycles. The van der Waals surface area contributed by atoms with Crippen molar-refractivity contribution >= 4 is 21.9 Å². The number of aromatic nitrogens is 1. The summed E-state index contributed by atoms with van der Waals surface area (Å²) in [5, 5.41) is 0. The molecule has 0 unspecified atom stereocenters. The van der Waals surface area contributed by atoms with E-state index in [1.54, 1.807) is 12.3 Å². The number of aromatic amines is 1. The number of carbonyl (C=O) groups excluding carboxylic acids is 1. The van der Waals surface area contributed by atoms with Crippen LogP contribution in [0.4, 0.5) is 0 Å². The van der Waals surface area contributed by atoms with Crippen molar-refractivity contribution in [2.75, 3.05) is 7.11 Å². The van der Waals surface area contributed by atoms with E-state index in [4.69, 9.17) is 9.15 Å². The van der Waals surface area contributed by atoms with Crippen LogP contribution >= 0.6 is 15.9 Å². The van der Waals surface area contributed by atoms with Gasteiger partial charge in [0.15, 0.2) is 5.76 Å². The van der Waals surface area contributed by atoms with Gasteiger partial charge < -0.3 is 14.1 Å². The molecule has 0 bridgehead atoms. The van der Waals surface area contributed by atoms with Gasteiger partial charge >= 0.3 is 5.97 Å². The first-order chi connectivity index (χ1) is 7.65. The fourth-order valence-corrected chi connectivity index (χ4v) is 2.28. The molecule has 2 heterocycles. The van der Waals surface area contributed by atoms with Gasteiger partial charge in [-0.2, -0.15) is 0 Å². The van der Waals surface area contributed by atoms with Crippen molar-refractivity contribution < 1.29 is 13.9 Å². The molecular weight excluding hydrogens is 274 g/mol.